The second kappa shape index (κ2) is 4.64. The van der Waals surface area contributed by atoms with Crippen molar-refractivity contribution in [3.05, 3.63) is 12.2 Å². The van der Waals surface area contributed by atoms with E-state index in [1.807, 2.05) is 7.05 Å². The summed E-state index contributed by atoms with van der Waals surface area (Å²) in [7, 11) is 1.98. The molecule has 2 aliphatic rings. The fourth-order valence-corrected chi connectivity index (χ4v) is 2.79. The number of fused-ring (bicyclic) bond motifs is 1. The average Bonchev–Trinajstić information content (AvgIpc) is 2.65. The SMILES string of the molecule is C=C(C)C(NC)C1CN2CCCC2CO1. The van der Waals surface area contributed by atoms with Crippen molar-refractivity contribution in [3.8, 4) is 0 Å². The molecule has 3 heteroatoms. The number of nitrogens with one attached hydrogen (secondary N) is 1. The first-order valence-corrected chi connectivity index (χ1v) is 5.90. The Morgan fingerprint density at radius 1 is 1.60 bits per heavy atom. The van der Waals surface area contributed by atoms with Crippen LogP contribution in [0.25, 0.3) is 0 Å². The maximum absolute atomic E-state index is 5.94. The Bertz CT molecular complexity index is 242. The number of likely N-dealkylation sites (N-methyl/N-ethyl adjacent to an activating group) is 1. The summed E-state index contributed by atoms with van der Waals surface area (Å²) in [5.41, 5.74) is 1.17. The molecule has 3 nitrogen and oxygen atoms in total. The van der Waals surface area contributed by atoms with Gasteiger partial charge in [-0.3, -0.25) is 4.90 Å². The monoisotopic (exact) mass is 210 g/mol. The first kappa shape index (κ1) is 11.1. The number of nitrogens with zero attached hydrogens (tertiary/aromatic N) is 1. The van der Waals surface area contributed by atoms with Gasteiger partial charge >= 0.3 is 0 Å². The van der Waals surface area contributed by atoms with Gasteiger partial charge in [-0.15, -0.1) is 0 Å². The van der Waals surface area contributed by atoms with Crippen LogP contribution in [0.5, 0.6) is 0 Å². The predicted octanol–water partition coefficient (Wildman–Crippen LogP) is 1.01. The summed E-state index contributed by atoms with van der Waals surface area (Å²) in [5.74, 6) is 0. The summed E-state index contributed by atoms with van der Waals surface area (Å²) in [4.78, 5) is 2.57. The van der Waals surface area contributed by atoms with Crippen molar-refractivity contribution in [3.63, 3.8) is 0 Å². The molecule has 0 aromatic heterocycles. The molecule has 15 heavy (non-hydrogen) atoms. The molecule has 2 saturated heterocycles. The van der Waals surface area contributed by atoms with Crippen molar-refractivity contribution in [1.29, 1.82) is 0 Å². The van der Waals surface area contributed by atoms with Gasteiger partial charge in [0.25, 0.3) is 0 Å². The highest BCUT2D eigenvalue weighted by Gasteiger charge is 2.35. The molecule has 2 heterocycles. The zero-order valence-electron chi connectivity index (χ0n) is 9.83. The van der Waals surface area contributed by atoms with E-state index in [0.717, 1.165) is 13.2 Å². The van der Waals surface area contributed by atoms with E-state index < -0.39 is 0 Å². The highest BCUT2D eigenvalue weighted by molar-refractivity contribution is 5.07. The standard InChI is InChI=1S/C12H22N2O/c1-9(2)12(13-3)11-7-14-6-4-5-10(14)8-15-11/h10-13H,1,4-8H2,2-3H3. The Kier molecular flexibility index (Phi) is 3.44. The molecule has 1 N–H and O–H groups in total. The zero-order chi connectivity index (χ0) is 10.8. The molecule has 0 aromatic carbocycles. The molecule has 86 valence electrons. The van der Waals surface area contributed by atoms with Gasteiger partial charge in [0.05, 0.1) is 18.8 Å². The van der Waals surface area contributed by atoms with Crippen molar-refractivity contribution in [1.82, 2.24) is 10.2 Å². The summed E-state index contributed by atoms with van der Waals surface area (Å²) in [6, 6.07) is 0.982. The van der Waals surface area contributed by atoms with Gasteiger partial charge in [0.1, 0.15) is 0 Å². The lowest BCUT2D eigenvalue weighted by Gasteiger charge is -2.39. The van der Waals surface area contributed by atoms with E-state index in [1.54, 1.807) is 0 Å². The van der Waals surface area contributed by atoms with Gasteiger partial charge in [-0.05, 0) is 33.4 Å². The normalized spacial score (nSPS) is 33.7. The van der Waals surface area contributed by atoms with Crippen molar-refractivity contribution in [2.45, 2.75) is 38.0 Å². The highest BCUT2D eigenvalue weighted by Crippen LogP contribution is 2.24. The van der Waals surface area contributed by atoms with E-state index in [4.69, 9.17) is 4.74 Å². The van der Waals surface area contributed by atoms with E-state index in [0.29, 0.717) is 12.1 Å². The lowest BCUT2D eigenvalue weighted by atomic mass is 10.0. The fraction of sp³-hybridized carbons (Fsp3) is 0.833. The van der Waals surface area contributed by atoms with E-state index in [-0.39, 0.29) is 6.10 Å². The lowest BCUT2D eigenvalue weighted by Crippen LogP contribution is -2.53. The Balaban J connectivity index is 1.96. The first-order valence-electron chi connectivity index (χ1n) is 5.90. The topological polar surface area (TPSA) is 24.5 Å². The van der Waals surface area contributed by atoms with Crippen LogP contribution in [0.3, 0.4) is 0 Å². The molecule has 0 amide bonds. The van der Waals surface area contributed by atoms with Crippen LogP contribution in [-0.2, 0) is 4.74 Å². The largest absolute Gasteiger partial charge is 0.373 e. The molecule has 3 unspecified atom stereocenters. The maximum atomic E-state index is 5.94. The second-order valence-electron chi connectivity index (χ2n) is 4.78. The summed E-state index contributed by atoms with van der Waals surface area (Å²) < 4.78 is 5.94. The first-order chi connectivity index (χ1) is 7.22. The minimum Gasteiger partial charge on any atom is -0.373 e. The summed E-state index contributed by atoms with van der Waals surface area (Å²) in [6.07, 6.45) is 2.92. The minimum atomic E-state index is 0.279. The van der Waals surface area contributed by atoms with Crippen LogP contribution < -0.4 is 5.32 Å². The molecule has 0 bridgehead atoms. The minimum absolute atomic E-state index is 0.279. The Labute approximate surface area is 92.5 Å². The zero-order valence-corrected chi connectivity index (χ0v) is 9.83. The average molecular weight is 210 g/mol. The van der Waals surface area contributed by atoms with Gasteiger partial charge in [0.2, 0.25) is 0 Å². The number of hydrogen-bond acceptors (Lipinski definition) is 3. The summed E-state index contributed by atoms with van der Waals surface area (Å²) in [5, 5.41) is 3.30. The van der Waals surface area contributed by atoms with Gasteiger partial charge in [-0.25, -0.2) is 0 Å². The molecule has 3 atom stereocenters. The summed E-state index contributed by atoms with van der Waals surface area (Å²) in [6.45, 7) is 9.30. The van der Waals surface area contributed by atoms with Crippen LogP contribution in [0.15, 0.2) is 12.2 Å². The van der Waals surface area contributed by atoms with Crippen LogP contribution in [0, 0.1) is 0 Å². The predicted molar refractivity (Wildman–Crippen MR) is 62.0 cm³/mol. The highest BCUT2D eigenvalue weighted by atomic mass is 16.5. The third-order valence-corrected chi connectivity index (χ3v) is 3.63. The van der Waals surface area contributed by atoms with E-state index >= 15 is 0 Å². The molecular formula is C12H22N2O. The van der Waals surface area contributed by atoms with Crippen LogP contribution >= 0.6 is 0 Å². The van der Waals surface area contributed by atoms with Crippen molar-refractivity contribution < 1.29 is 4.74 Å². The number of ether oxygens (including phenoxy) is 1. The maximum Gasteiger partial charge on any atom is 0.0893 e. The second-order valence-corrected chi connectivity index (χ2v) is 4.78. The van der Waals surface area contributed by atoms with Crippen molar-refractivity contribution in [2.75, 3.05) is 26.7 Å². The van der Waals surface area contributed by atoms with Gasteiger partial charge in [-0.1, -0.05) is 12.2 Å². The lowest BCUT2D eigenvalue weighted by molar-refractivity contribution is -0.0581. The smallest absolute Gasteiger partial charge is 0.0893 e. The summed E-state index contributed by atoms with van der Waals surface area (Å²) >= 11 is 0. The van der Waals surface area contributed by atoms with E-state index in [9.17, 15) is 0 Å². The van der Waals surface area contributed by atoms with Gasteiger partial charge in [-0.2, -0.15) is 0 Å². The van der Waals surface area contributed by atoms with E-state index in [2.05, 4.69) is 23.7 Å². The van der Waals surface area contributed by atoms with Crippen molar-refractivity contribution >= 4 is 0 Å². The van der Waals surface area contributed by atoms with Gasteiger partial charge < -0.3 is 10.1 Å². The van der Waals surface area contributed by atoms with E-state index in [1.165, 1.54) is 25.0 Å². The molecule has 0 spiro atoms. The third kappa shape index (κ3) is 2.25. The Hall–Kier alpha value is -0.380. The van der Waals surface area contributed by atoms with Crippen molar-refractivity contribution in [2.24, 2.45) is 0 Å². The number of morpholine rings is 1. The molecule has 0 aromatic rings. The molecule has 2 aliphatic heterocycles. The van der Waals surface area contributed by atoms with Gasteiger partial charge in [0, 0.05) is 12.6 Å². The Morgan fingerprint density at radius 3 is 3.07 bits per heavy atom. The molecule has 0 radical (unpaired) electrons. The van der Waals surface area contributed by atoms with Gasteiger partial charge in [0.15, 0.2) is 0 Å². The fourth-order valence-electron chi connectivity index (χ4n) is 2.79. The van der Waals surface area contributed by atoms with Crippen LogP contribution in [0.1, 0.15) is 19.8 Å². The molecule has 0 saturated carbocycles. The number of hydrogen-bond donors (Lipinski definition) is 1. The van der Waals surface area contributed by atoms with Crippen LogP contribution in [0.2, 0.25) is 0 Å². The number of rotatable bonds is 3. The molecule has 2 fully saturated rings. The van der Waals surface area contributed by atoms with Crippen LogP contribution in [-0.4, -0.2) is 49.8 Å². The van der Waals surface area contributed by atoms with Crippen LogP contribution in [0.4, 0.5) is 0 Å². The Morgan fingerprint density at radius 2 is 2.40 bits per heavy atom. The quantitative estimate of drug-likeness (QED) is 0.704. The molecule has 0 aliphatic carbocycles. The third-order valence-electron chi connectivity index (χ3n) is 3.63. The molecular weight excluding hydrogens is 188 g/mol. The molecule has 2 rings (SSSR count).